The Balaban J connectivity index is 0.00000341. The van der Waals surface area contributed by atoms with Crippen molar-refractivity contribution in [3.05, 3.63) is 29.8 Å². The summed E-state index contributed by atoms with van der Waals surface area (Å²) in [7, 11) is 1.71. The number of methoxy groups -OCH3 is 1. The summed E-state index contributed by atoms with van der Waals surface area (Å²) in [5.41, 5.74) is 1.35. The third-order valence-electron chi connectivity index (χ3n) is 5.95. The molecule has 2 heterocycles. The second-order valence-electron chi connectivity index (χ2n) is 8.17. The van der Waals surface area contributed by atoms with E-state index in [0.717, 1.165) is 83.8 Å². The number of nitrogens with zero attached hydrogens (tertiary/aromatic N) is 3. The Morgan fingerprint density at radius 1 is 1.06 bits per heavy atom. The van der Waals surface area contributed by atoms with Crippen molar-refractivity contribution in [3.63, 3.8) is 0 Å². The van der Waals surface area contributed by atoms with Gasteiger partial charge >= 0.3 is 0 Å². The van der Waals surface area contributed by atoms with Crippen LogP contribution in [0.5, 0.6) is 5.75 Å². The lowest BCUT2D eigenvalue weighted by molar-refractivity contribution is 0.0389. The Labute approximate surface area is 205 Å². The van der Waals surface area contributed by atoms with Crippen molar-refractivity contribution >= 4 is 29.9 Å². The Bertz CT molecular complexity index is 629. The van der Waals surface area contributed by atoms with Crippen LogP contribution in [0.1, 0.15) is 25.3 Å². The number of aliphatic imine (C=N–C) groups is 1. The summed E-state index contributed by atoms with van der Waals surface area (Å²) < 4.78 is 10.7. The van der Waals surface area contributed by atoms with E-state index in [2.05, 4.69) is 39.5 Å². The SMILES string of the molecule is CCNC(=NCC1CCN(Cc2ccc(OC)cc2)CC1)NCCN1CCOCC1.I. The molecule has 2 fully saturated rings. The normalized spacial score (nSPS) is 19.0. The fourth-order valence-corrected chi connectivity index (χ4v) is 4.04. The number of nitrogens with one attached hydrogen (secondary N) is 2. The molecule has 2 aliphatic heterocycles. The van der Waals surface area contributed by atoms with E-state index in [1.54, 1.807) is 7.11 Å². The lowest BCUT2D eigenvalue weighted by Crippen LogP contribution is -2.44. The topological polar surface area (TPSA) is 61.4 Å². The van der Waals surface area contributed by atoms with Crippen molar-refractivity contribution in [2.45, 2.75) is 26.3 Å². The van der Waals surface area contributed by atoms with Gasteiger partial charge in [0.25, 0.3) is 0 Å². The maximum absolute atomic E-state index is 5.41. The molecule has 0 unspecified atom stereocenters. The first kappa shape index (κ1) is 26.2. The van der Waals surface area contributed by atoms with Crippen molar-refractivity contribution in [2.75, 3.05) is 72.7 Å². The molecule has 2 aliphatic rings. The largest absolute Gasteiger partial charge is 0.497 e. The van der Waals surface area contributed by atoms with Gasteiger partial charge in [-0.3, -0.25) is 14.8 Å². The molecular formula is C23H40IN5O2. The molecule has 7 nitrogen and oxygen atoms in total. The first-order valence-corrected chi connectivity index (χ1v) is 11.4. The van der Waals surface area contributed by atoms with Gasteiger partial charge in [0, 0.05) is 45.8 Å². The summed E-state index contributed by atoms with van der Waals surface area (Å²) >= 11 is 0. The van der Waals surface area contributed by atoms with Crippen LogP contribution in [0.2, 0.25) is 0 Å². The van der Waals surface area contributed by atoms with E-state index in [4.69, 9.17) is 14.5 Å². The summed E-state index contributed by atoms with van der Waals surface area (Å²) in [4.78, 5) is 9.86. The number of likely N-dealkylation sites (tertiary alicyclic amines) is 1. The molecule has 3 rings (SSSR count). The quantitative estimate of drug-likeness (QED) is 0.283. The highest BCUT2D eigenvalue weighted by atomic mass is 127. The Kier molecular flexibility index (Phi) is 12.5. The minimum atomic E-state index is 0. The van der Waals surface area contributed by atoms with Crippen LogP contribution < -0.4 is 15.4 Å². The van der Waals surface area contributed by atoms with E-state index < -0.39 is 0 Å². The Hall–Kier alpha value is -1.10. The molecule has 2 N–H and O–H groups in total. The molecule has 0 amide bonds. The first-order valence-electron chi connectivity index (χ1n) is 11.4. The Morgan fingerprint density at radius 3 is 2.42 bits per heavy atom. The summed E-state index contributed by atoms with van der Waals surface area (Å²) in [6.07, 6.45) is 2.43. The third-order valence-corrected chi connectivity index (χ3v) is 5.95. The third kappa shape index (κ3) is 9.51. The molecule has 0 radical (unpaired) electrons. The second-order valence-corrected chi connectivity index (χ2v) is 8.17. The smallest absolute Gasteiger partial charge is 0.191 e. The standard InChI is InChI=1S/C23H39N5O2.HI/c1-3-24-23(25-10-13-27-14-16-30-17-15-27)26-18-20-8-11-28(12-9-20)19-21-4-6-22(29-2)7-5-21;/h4-7,20H,3,8-19H2,1-2H3,(H2,24,25,26);1H. The minimum Gasteiger partial charge on any atom is -0.497 e. The van der Waals surface area contributed by atoms with Crippen molar-refractivity contribution in [3.8, 4) is 5.75 Å². The van der Waals surface area contributed by atoms with Gasteiger partial charge in [-0.1, -0.05) is 12.1 Å². The second kappa shape index (κ2) is 14.9. The number of halogens is 1. The van der Waals surface area contributed by atoms with Crippen molar-refractivity contribution in [1.82, 2.24) is 20.4 Å². The Morgan fingerprint density at radius 2 is 1.77 bits per heavy atom. The van der Waals surface area contributed by atoms with E-state index >= 15 is 0 Å². The lowest BCUT2D eigenvalue weighted by Gasteiger charge is -2.31. The zero-order valence-corrected chi connectivity index (χ0v) is 21.5. The summed E-state index contributed by atoms with van der Waals surface area (Å²) in [5.74, 6) is 2.55. The van der Waals surface area contributed by atoms with Gasteiger partial charge in [0.1, 0.15) is 5.75 Å². The van der Waals surface area contributed by atoms with E-state index in [-0.39, 0.29) is 24.0 Å². The first-order chi connectivity index (χ1) is 14.8. The van der Waals surface area contributed by atoms with E-state index in [1.165, 1.54) is 18.4 Å². The molecule has 0 atom stereocenters. The highest BCUT2D eigenvalue weighted by Crippen LogP contribution is 2.20. The van der Waals surface area contributed by atoms with Crippen LogP contribution >= 0.6 is 24.0 Å². The number of piperidine rings is 1. The van der Waals surface area contributed by atoms with Gasteiger partial charge in [0.05, 0.1) is 20.3 Å². The van der Waals surface area contributed by atoms with Crippen LogP contribution in [0.15, 0.2) is 29.3 Å². The summed E-state index contributed by atoms with van der Waals surface area (Å²) in [6, 6.07) is 8.43. The molecule has 0 aromatic heterocycles. The van der Waals surface area contributed by atoms with Crippen molar-refractivity contribution < 1.29 is 9.47 Å². The van der Waals surface area contributed by atoms with Crippen LogP contribution in [0.4, 0.5) is 0 Å². The van der Waals surface area contributed by atoms with Crippen molar-refractivity contribution in [2.24, 2.45) is 10.9 Å². The van der Waals surface area contributed by atoms with Crippen LogP contribution in [0.25, 0.3) is 0 Å². The van der Waals surface area contributed by atoms with Gasteiger partial charge in [-0.2, -0.15) is 0 Å². The lowest BCUT2D eigenvalue weighted by atomic mass is 9.96. The molecule has 1 aromatic carbocycles. The van der Waals surface area contributed by atoms with E-state index in [1.807, 2.05) is 12.1 Å². The number of hydrogen-bond donors (Lipinski definition) is 2. The predicted molar refractivity (Wildman–Crippen MR) is 138 cm³/mol. The average Bonchev–Trinajstić information content (AvgIpc) is 2.80. The van der Waals surface area contributed by atoms with Gasteiger partial charge < -0.3 is 20.1 Å². The fraction of sp³-hybridized carbons (Fsp3) is 0.696. The molecular weight excluding hydrogens is 505 g/mol. The molecule has 31 heavy (non-hydrogen) atoms. The number of guanidine groups is 1. The molecule has 0 aliphatic carbocycles. The molecule has 0 saturated carbocycles. The zero-order valence-electron chi connectivity index (χ0n) is 19.1. The average molecular weight is 546 g/mol. The zero-order chi connectivity index (χ0) is 21.0. The molecule has 0 spiro atoms. The molecule has 176 valence electrons. The molecule has 8 heteroatoms. The highest BCUT2D eigenvalue weighted by molar-refractivity contribution is 14.0. The van der Waals surface area contributed by atoms with Gasteiger partial charge in [0.15, 0.2) is 5.96 Å². The minimum absolute atomic E-state index is 0. The van der Waals surface area contributed by atoms with Gasteiger partial charge in [0.2, 0.25) is 0 Å². The van der Waals surface area contributed by atoms with Crippen LogP contribution in [0, 0.1) is 5.92 Å². The predicted octanol–water partition coefficient (Wildman–Crippen LogP) is 2.41. The van der Waals surface area contributed by atoms with Crippen molar-refractivity contribution in [1.29, 1.82) is 0 Å². The van der Waals surface area contributed by atoms with Crippen LogP contribution in [0.3, 0.4) is 0 Å². The monoisotopic (exact) mass is 545 g/mol. The number of ether oxygens (including phenoxy) is 2. The number of benzene rings is 1. The maximum atomic E-state index is 5.41. The van der Waals surface area contributed by atoms with E-state index in [9.17, 15) is 0 Å². The summed E-state index contributed by atoms with van der Waals surface area (Å²) in [5, 5.41) is 6.88. The van der Waals surface area contributed by atoms with Crippen LogP contribution in [-0.4, -0.2) is 88.4 Å². The molecule has 1 aromatic rings. The number of rotatable bonds is 9. The molecule has 2 saturated heterocycles. The van der Waals surface area contributed by atoms with Gasteiger partial charge in [-0.05, 0) is 56.5 Å². The molecule has 0 bridgehead atoms. The highest BCUT2D eigenvalue weighted by Gasteiger charge is 2.19. The van der Waals surface area contributed by atoms with Gasteiger partial charge in [-0.25, -0.2) is 0 Å². The van der Waals surface area contributed by atoms with Gasteiger partial charge in [-0.15, -0.1) is 24.0 Å². The number of morpholine rings is 1. The fourth-order valence-electron chi connectivity index (χ4n) is 4.04. The van der Waals surface area contributed by atoms with Crippen LogP contribution in [-0.2, 0) is 11.3 Å². The maximum Gasteiger partial charge on any atom is 0.191 e. The summed E-state index contributed by atoms with van der Waals surface area (Å²) in [6.45, 7) is 13.0. The van der Waals surface area contributed by atoms with E-state index in [0.29, 0.717) is 5.92 Å². The number of hydrogen-bond acceptors (Lipinski definition) is 5.